The predicted molar refractivity (Wildman–Crippen MR) is 74.0 cm³/mol. The van der Waals surface area contributed by atoms with Gasteiger partial charge in [0.2, 0.25) is 0 Å². The van der Waals surface area contributed by atoms with Crippen LogP contribution in [-0.2, 0) is 0 Å². The second-order valence-corrected chi connectivity index (χ2v) is 5.14. The molecule has 1 aliphatic rings. The van der Waals surface area contributed by atoms with E-state index in [-0.39, 0.29) is 17.6 Å². The number of ketones is 1. The molecule has 1 fully saturated rings. The molecule has 0 saturated carbocycles. The molecule has 1 heterocycles. The minimum atomic E-state index is -0.261. The Kier molecular flexibility index (Phi) is 4.66. The maximum absolute atomic E-state index is 13.2. The highest BCUT2D eigenvalue weighted by Crippen LogP contribution is 2.14. The van der Waals surface area contributed by atoms with E-state index in [9.17, 15) is 9.18 Å². The van der Waals surface area contributed by atoms with E-state index >= 15 is 0 Å². The fourth-order valence-corrected chi connectivity index (χ4v) is 2.46. The molecule has 1 saturated heterocycles. The molecule has 19 heavy (non-hydrogen) atoms. The molecule has 1 atom stereocenters. The second-order valence-electron chi connectivity index (χ2n) is 5.14. The lowest BCUT2D eigenvalue weighted by Crippen LogP contribution is -2.41. The third kappa shape index (κ3) is 3.39. The van der Waals surface area contributed by atoms with Gasteiger partial charge in [0.05, 0.1) is 6.04 Å². The van der Waals surface area contributed by atoms with Crippen LogP contribution in [0.4, 0.5) is 4.39 Å². The Morgan fingerprint density at radius 2 is 2.16 bits per heavy atom. The number of carbonyl (C=O) groups excluding carboxylic acids is 1. The number of carbonyl (C=O) groups is 1. The number of nitrogens with zero attached hydrogens (tertiary/aromatic N) is 1. The molecule has 1 aliphatic heterocycles. The Morgan fingerprint density at radius 3 is 2.89 bits per heavy atom. The largest absolute Gasteiger partial charge is 0.315 e. The van der Waals surface area contributed by atoms with Gasteiger partial charge in [-0.25, -0.2) is 4.39 Å². The van der Waals surface area contributed by atoms with Crippen LogP contribution >= 0.6 is 0 Å². The maximum Gasteiger partial charge on any atom is 0.179 e. The number of hydrogen-bond acceptors (Lipinski definition) is 3. The zero-order chi connectivity index (χ0) is 13.8. The van der Waals surface area contributed by atoms with Gasteiger partial charge in [-0.05, 0) is 50.6 Å². The molecular formula is C15H21FN2O. The molecule has 0 aliphatic carbocycles. The van der Waals surface area contributed by atoms with Gasteiger partial charge in [0.1, 0.15) is 5.82 Å². The third-order valence-electron chi connectivity index (χ3n) is 3.74. The van der Waals surface area contributed by atoms with Gasteiger partial charge >= 0.3 is 0 Å². The molecule has 1 aromatic carbocycles. The van der Waals surface area contributed by atoms with Crippen LogP contribution in [-0.4, -0.2) is 42.9 Å². The van der Waals surface area contributed by atoms with Gasteiger partial charge < -0.3 is 5.32 Å². The zero-order valence-electron chi connectivity index (χ0n) is 11.6. The average Bonchev–Trinajstić information content (AvgIpc) is 2.69. The molecule has 4 heteroatoms. The van der Waals surface area contributed by atoms with Crippen LogP contribution in [0.1, 0.15) is 29.3 Å². The minimum absolute atomic E-state index is 0.0741. The Morgan fingerprint density at radius 1 is 1.37 bits per heavy atom. The van der Waals surface area contributed by atoms with E-state index in [2.05, 4.69) is 10.2 Å². The van der Waals surface area contributed by atoms with Crippen molar-refractivity contribution in [2.75, 3.05) is 26.2 Å². The van der Waals surface area contributed by atoms with E-state index in [0.29, 0.717) is 11.1 Å². The summed E-state index contributed by atoms with van der Waals surface area (Å²) in [6, 6.07) is 4.45. The molecule has 0 amide bonds. The Hall–Kier alpha value is -1.26. The summed E-state index contributed by atoms with van der Waals surface area (Å²) in [4.78, 5) is 14.6. The van der Waals surface area contributed by atoms with Crippen molar-refractivity contribution in [3.63, 3.8) is 0 Å². The fraction of sp³-hybridized carbons (Fsp3) is 0.533. The number of halogens is 1. The quantitative estimate of drug-likeness (QED) is 0.848. The van der Waals surface area contributed by atoms with Crippen molar-refractivity contribution in [1.29, 1.82) is 0 Å². The first-order valence-corrected chi connectivity index (χ1v) is 6.84. The van der Waals surface area contributed by atoms with Crippen molar-refractivity contribution < 1.29 is 9.18 Å². The van der Waals surface area contributed by atoms with E-state index < -0.39 is 0 Å². The first kappa shape index (κ1) is 14.2. The molecular weight excluding hydrogens is 243 g/mol. The summed E-state index contributed by atoms with van der Waals surface area (Å²) in [6.45, 7) is 7.36. The molecule has 3 nitrogen and oxygen atoms in total. The topological polar surface area (TPSA) is 32.3 Å². The van der Waals surface area contributed by atoms with Gasteiger partial charge in [0, 0.05) is 25.2 Å². The highest BCUT2D eigenvalue weighted by atomic mass is 19.1. The van der Waals surface area contributed by atoms with Gasteiger partial charge in [-0.1, -0.05) is 0 Å². The minimum Gasteiger partial charge on any atom is -0.315 e. The lowest BCUT2D eigenvalue weighted by atomic mass is 10.0. The molecule has 1 unspecified atom stereocenters. The molecule has 2 rings (SSSR count). The van der Waals surface area contributed by atoms with E-state index in [1.165, 1.54) is 6.07 Å². The lowest BCUT2D eigenvalue weighted by molar-refractivity contribution is 0.0846. The number of nitrogens with one attached hydrogen (secondary N) is 1. The molecule has 104 valence electrons. The van der Waals surface area contributed by atoms with Gasteiger partial charge in [-0.3, -0.25) is 9.69 Å². The van der Waals surface area contributed by atoms with Crippen LogP contribution in [0.5, 0.6) is 0 Å². The standard InChI is InChI=1S/C15H21FN2O/c1-11-10-13(4-5-14(11)16)15(19)12(2)18-8-3-6-17-7-9-18/h4-5,10,12,17H,3,6-9H2,1-2H3. The molecule has 0 radical (unpaired) electrons. The first-order valence-electron chi connectivity index (χ1n) is 6.84. The first-order chi connectivity index (χ1) is 9.09. The summed E-state index contributed by atoms with van der Waals surface area (Å²) in [5.74, 6) is -0.187. The summed E-state index contributed by atoms with van der Waals surface area (Å²) >= 11 is 0. The van der Waals surface area contributed by atoms with E-state index in [0.717, 1.165) is 32.6 Å². The van der Waals surface area contributed by atoms with Crippen LogP contribution in [0.25, 0.3) is 0 Å². The number of rotatable bonds is 3. The van der Waals surface area contributed by atoms with E-state index in [1.54, 1.807) is 19.1 Å². The van der Waals surface area contributed by atoms with Gasteiger partial charge in [-0.15, -0.1) is 0 Å². The molecule has 0 aromatic heterocycles. The summed E-state index contributed by atoms with van der Waals surface area (Å²) in [6.07, 6.45) is 1.06. The van der Waals surface area contributed by atoms with Crippen molar-refractivity contribution in [2.24, 2.45) is 0 Å². The molecule has 0 bridgehead atoms. The second kappa shape index (κ2) is 6.26. The summed E-state index contributed by atoms with van der Waals surface area (Å²) < 4.78 is 13.2. The number of benzene rings is 1. The van der Waals surface area contributed by atoms with Gasteiger partial charge in [0.15, 0.2) is 5.78 Å². The Balaban J connectivity index is 2.10. The highest BCUT2D eigenvalue weighted by Gasteiger charge is 2.23. The Bertz CT molecular complexity index is 453. The SMILES string of the molecule is Cc1cc(C(=O)C(C)N2CCCNCC2)ccc1F. The smallest absolute Gasteiger partial charge is 0.179 e. The van der Waals surface area contributed by atoms with Crippen LogP contribution in [0.2, 0.25) is 0 Å². The maximum atomic E-state index is 13.2. The average molecular weight is 264 g/mol. The van der Waals surface area contributed by atoms with E-state index in [4.69, 9.17) is 0 Å². The van der Waals surface area contributed by atoms with Crippen LogP contribution in [0, 0.1) is 12.7 Å². The lowest BCUT2D eigenvalue weighted by Gasteiger charge is -2.26. The molecule has 1 N–H and O–H groups in total. The third-order valence-corrected chi connectivity index (χ3v) is 3.74. The van der Waals surface area contributed by atoms with Crippen molar-refractivity contribution in [3.05, 3.63) is 35.1 Å². The van der Waals surface area contributed by atoms with Crippen LogP contribution in [0.3, 0.4) is 0 Å². The fourth-order valence-electron chi connectivity index (χ4n) is 2.46. The summed E-state index contributed by atoms with van der Waals surface area (Å²) in [7, 11) is 0. The molecule has 0 spiro atoms. The van der Waals surface area contributed by atoms with Crippen molar-refractivity contribution in [2.45, 2.75) is 26.3 Å². The van der Waals surface area contributed by atoms with Crippen molar-refractivity contribution >= 4 is 5.78 Å². The highest BCUT2D eigenvalue weighted by molar-refractivity contribution is 6.00. The summed E-state index contributed by atoms with van der Waals surface area (Å²) in [5, 5.41) is 3.32. The summed E-state index contributed by atoms with van der Waals surface area (Å²) in [5.41, 5.74) is 1.12. The van der Waals surface area contributed by atoms with Gasteiger partial charge in [-0.2, -0.15) is 0 Å². The predicted octanol–water partition coefficient (Wildman–Crippen LogP) is 2.00. The normalized spacial score (nSPS) is 18.9. The zero-order valence-corrected chi connectivity index (χ0v) is 11.6. The number of hydrogen-bond donors (Lipinski definition) is 1. The van der Waals surface area contributed by atoms with Crippen LogP contribution < -0.4 is 5.32 Å². The number of Topliss-reactive ketones (excluding diaryl/α,β-unsaturated/α-hetero) is 1. The van der Waals surface area contributed by atoms with E-state index in [1.807, 2.05) is 6.92 Å². The van der Waals surface area contributed by atoms with Gasteiger partial charge in [0.25, 0.3) is 0 Å². The monoisotopic (exact) mass is 264 g/mol. The Labute approximate surface area is 113 Å². The van der Waals surface area contributed by atoms with Crippen molar-refractivity contribution in [3.8, 4) is 0 Å². The van der Waals surface area contributed by atoms with Crippen LogP contribution in [0.15, 0.2) is 18.2 Å². The van der Waals surface area contributed by atoms with Crippen molar-refractivity contribution in [1.82, 2.24) is 10.2 Å². The number of aryl methyl sites for hydroxylation is 1. The molecule has 1 aromatic rings.